The molecule has 0 bridgehead atoms. The van der Waals surface area contributed by atoms with Crippen molar-refractivity contribution in [3.63, 3.8) is 0 Å². The Balaban J connectivity index is 1.85. The van der Waals surface area contributed by atoms with Gasteiger partial charge >= 0.3 is 5.97 Å². The van der Waals surface area contributed by atoms with E-state index < -0.39 is 35.9 Å². The van der Waals surface area contributed by atoms with Crippen molar-refractivity contribution in [1.82, 2.24) is 5.32 Å². The Bertz CT molecular complexity index is 875. The fourth-order valence-electron chi connectivity index (χ4n) is 2.08. The average Bonchev–Trinajstić information content (AvgIpc) is 3.15. The van der Waals surface area contributed by atoms with Crippen LogP contribution in [0.4, 0.5) is 11.4 Å². The van der Waals surface area contributed by atoms with Crippen molar-refractivity contribution in [2.24, 2.45) is 0 Å². The Morgan fingerprint density at radius 1 is 1.22 bits per heavy atom. The summed E-state index contributed by atoms with van der Waals surface area (Å²) in [6.07, 6.45) is 1.31. The number of nitrogens with zero attached hydrogens (tertiary/aromatic N) is 1. The molecule has 1 aromatic carbocycles. The van der Waals surface area contributed by atoms with Crippen LogP contribution < -0.4 is 10.6 Å². The lowest BCUT2D eigenvalue weighted by molar-refractivity contribution is -0.384. The first-order chi connectivity index (χ1) is 12.8. The molecule has 2 aromatic rings. The predicted molar refractivity (Wildman–Crippen MR) is 93.2 cm³/mol. The molecule has 2 rings (SSSR count). The molecule has 0 saturated carbocycles. The highest BCUT2D eigenvalue weighted by Crippen LogP contribution is 2.27. The molecule has 0 saturated heterocycles. The second-order valence-electron chi connectivity index (χ2n) is 5.58. The van der Waals surface area contributed by atoms with Crippen LogP contribution in [0.25, 0.3) is 0 Å². The van der Waals surface area contributed by atoms with E-state index in [0.29, 0.717) is 5.56 Å². The van der Waals surface area contributed by atoms with E-state index in [2.05, 4.69) is 10.6 Å². The molecule has 1 aromatic heterocycles. The van der Waals surface area contributed by atoms with Gasteiger partial charge in [-0.1, -0.05) is 0 Å². The third-order valence-corrected chi connectivity index (χ3v) is 3.59. The SMILES string of the molecule is Cc1cc(NC(=O)COC(=O)CNC(=O)c2ccco2)c([N+](=O)[O-])cc1C. The maximum absolute atomic E-state index is 11.9. The molecule has 27 heavy (non-hydrogen) atoms. The lowest BCUT2D eigenvalue weighted by Gasteiger charge is -2.09. The van der Waals surface area contributed by atoms with Crippen LogP contribution in [0.3, 0.4) is 0 Å². The number of esters is 1. The first kappa shape index (κ1) is 19.6. The molecule has 2 N–H and O–H groups in total. The standard InChI is InChI=1S/C17H17N3O7/c1-10-6-12(13(20(24)25)7-11(10)2)19-15(21)9-27-16(22)8-18-17(23)14-4-3-5-26-14/h3-7H,8-9H2,1-2H3,(H,18,23)(H,19,21). The number of nitrogens with one attached hydrogen (secondary N) is 2. The molecule has 0 aliphatic carbocycles. The molecule has 0 spiro atoms. The number of amides is 2. The highest BCUT2D eigenvalue weighted by molar-refractivity contribution is 5.96. The molecule has 10 nitrogen and oxygen atoms in total. The molecule has 0 aliphatic rings. The number of benzene rings is 1. The summed E-state index contributed by atoms with van der Waals surface area (Å²) < 4.78 is 9.59. The minimum absolute atomic E-state index is 0.00951. The number of furan rings is 1. The normalized spacial score (nSPS) is 10.1. The Labute approximate surface area is 153 Å². The zero-order valence-corrected chi connectivity index (χ0v) is 14.6. The largest absolute Gasteiger partial charge is 0.459 e. The zero-order chi connectivity index (χ0) is 20.0. The average molecular weight is 375 g/mol. The van der Waals surface area contributed by atoms with E-state index in [1.54, 1.807) is 13.8 Å². The molecule has 0 fully saturated rings. The smallest absolute Gasteiger partial charge is 0.325 e. The van der Waals surface area contributed by atoms with Gasteiger partial charge in [-0.3, -0.25) is 24.5 Å². The Kier molecular flexibility index (Phi) is 6.26. The topological polar surface area (TPSA) is 141 Å². The highest BCUT2D eigenvalue weighted by atomic mass is 16.6. The highest BCUT2D eigenvalue weighted by Gasteiger charge is 2.18. The number of anilines is 1. The fraction of sp³-hybridized carbons (Fsp3) is 0.235. The van der Waals surface area contributed by atoms with Crippen LogP contribution >= 0.6 is 0 Å². The van der Waals surface area contributed by atoms with Crippen molar-refractivity contribution in [1.29, 1.82) is 0 Å². The monoisotopic (exact) mass is 375 g/mol. The summed E-state index contributed by atoms with van der Waals surface area (Å²) in [5.41, 5.74) is 1.21. The van der Waals surface area contributed by atoms with Gasteiger partial charge < -0.3 is 19.8 Å². The number of nitro benzene ring substituents is 1. The van der Waals surface area contributed by atoms with E-state index in [0.717, 1.165) is 5.56 Å². The van der Waals surface area contributed by atoms with Gasteiger partial charge in [0, 0.05) is 6.07 Å². The second kappa shape index (κ2) is 8.61. The number of hydrogen-bond donors (Lipinski definition) is 2. The number of ether oxygens (including phenoxy) is 1. The van der Waals surface area contributed by atoms with Crippen LogP contribution in [0.15, 0.2) is 34.9 Å². The predicted octanol–water partition coefficient (Wildman–Crippen LogP) is 1.72. The third kappa shape index (κ3) is 5.39. The van der Waals surface area contributed by atoms with Gasteiger partial charge in [0.25, 0.3) is 17.5 Å². The molecular formula is C17H17N3O7. The van der Waals surface area contributed by atoms with Gasteiger partial charge in [0.15, 0.2) is 12.4 Å². The maximum atomic E-state index is 11.9. The van der Waals surface area contributed by atoms with Crippen molar-refractivity contribution in [2.75, 3.05) is 18.5 Å². The van der Waals surface area contributed by atoms with Gasteiger partial charge in [0.2, 0.25) is 0 Å². The van der Waals surface area contributed by atoms with E-state index in [1.165, 1.54) is 30.5 Å². The minimum atomic E-state index is -0.848. The van der Waals surface area contributed by atoms with Crippen molar-refractivity contribution >= 4 is 29.2 Å². The second-order valence-corrected chi connectivity index (χ2v) is 5.58. The summed E-state index contributed by atoms with van der Waals surface area (Å²) in [4.78, 5) is 45.6. The molecule has 0 unspecified atom stereocenters. The van der Waals surface area contributed by atoms with Crippen molar-refractivity contribution in [3.05, 3.63) is 57.5 Å². The van der Waals surface area contributed by atoms with E-state index in [1.807, 2.05) is 0 Å². The first-order valence-corrected chi connectivity index (χ1v) is 7.80. The van der Waals surface area contributed by atoms with E-state index in [9.17, 15) is 24.5 Å². The number of rotatable bonds is 7. The summed E-state index contributed by atoms with van der Waals surface area (Å²) in [5, 5.41) is 15.7. The van der Waals surface area contributed by atoms with Gasteiger partial charge in [-0.15, -0.1) is 0 Å². The molecular weight excluding hydrogens is 358 g/mol. The molecule has 0 atom stereocenters. The van der Waals surface area contributed by atoms with Crippen LogP contribution in [0.2, 0.25) is 0 Å². The lowest BCUT2D eigenvalue weighted by atomic mass is 10.1. The van der Waals surface area contributed by atoms with Gasteiger partial charge in [-0.2, -0.15) is 0 Å². The molecule has 10 heteroatoms. The summed E-state index contributed by atoms with van der Waals surface area (Å²) in [6.45, 7) is 2.35. The Morgan fingerprint density at radius 3 is 2.56 bits per heavy atom. The van der Waals surface area contributed by atoms with Gasteiger partial charge in [0.05, 0.1) is 11.2 Å². The summed E-state index contributed by atoms with van der Waals surface area (Å²) in [6, 6.07) is 5.76. The number of aryl methyl sites for hydroxylation is 2. The summed E-state index contributed by atoms with van der Waals surface area (Å²) >= 11 is 0. The number of carbonyl (C=O) groups is 3. The van der Waals surface area contributed by atoms with Gasteiger partial charge in [-0.05, 0) is 43.2 Å². The number of carbonyl (C=O) groups excluding carboxylic acids is 3. The minimum Gasteiger partial charge on any atom is -0.459 e. The summed E-state index contributed by atoms with van der Waals surface area (Å²) in [5.74, 6) is -2.17. The Hall–Kier alpha value is -3.69. The van der Waals surface area contributed by atoms with Gasteiger partial charge in [0.1, 0.15) is 12.2 Å². The fourth-order valence-corrected chi connectivity index (χ4v) is 2.08. The number of nitro groups is 1. The first-order valence-electron chi connectivity index (χ1n) is 7.80. The van der Waals surface area contributed by atoms with Crippen molar-refractivity contribution < 1.29 is 28.5 Å². The lowest BCUT2D eigenvalue weighted by Crippen LogP contribution is -2.32. The zero-order valence-electron chi connectivity index (χ0n) is 14.6. The van der Waals surface area contributed by atoms with E-state index >= 15 is 0 Å². The van der Waals surface area contributed by atoms with Crippen LogP contribution in [-0.4, -0.2) is 35.9 Å². The van der Waals surface area contributed by atoms with Crippen LogP contribution in [0.1, 0.15) is 21.7 Å². The summed E-state index contributed by atoms with van der Waals surface area (Å²) in [7, 11) is 0. The van der Waals surface area contributed by atoms with Crippen molar-refractivity contribution in [2.45, 2.75) is 13.8 Å². The maximum Gasteiger partial charge on any atom is 0.325 e. The molecule has 1 heterocycles. The molecule has 0 radical (unpaired) electrons. The van der Waals surface area contributed by atoms with Crippen LogP contribution in [-0.2, 0) is 14.3 Å². The van der Waals surface area contributed by atoms with Crippen LogP contribution in [0.5, 0.6) is 0 Å². The van der Waals surface area contributed by atoms with E-state index in [-0.39, 0.29) is 17.1 Å². The number of hydrogen-bond acceptors (Lipinski definition) is 7. The Morgan fingerprint density at radius 2 is 1.93 bits per heavy atom. The van der Waals surface area contributed by atoms with Gasteiger partial charge in [-0.25, -0.2) is 0 Å². The quantitative estimate of drug-likeness (QED) is 0.426. The van der Waals surface area contributed by atoms with Crippen molar-refractivity contribution in [3.8, 4) is 0 Å². The third-order valence-electron chi connectivity index (χ3n) is 3.59. The molecule has 142 valence electrons. The molecule has 0 aliphatic heterocycles. The van der Waals surface area contributed by atoms with E-state index in [4.69, 9.17) is 9.15 Å². The van der Waals surface area contributed by atoms with Crippen LogP contribution in [0, 0.1) is 24.0 Å². The molecule has 2 amide bonds.